The first kappa shape index (κ1) is 16.1. The van der Waals surface area contributed by atoms with Crippen LogP contribution in [0.3, 0.4) is 0 Å². The molecule has 7 heteroatoms. The van der Waals surface area contributed by atoms with E-state index < -0.39 is 0 Å². The van der Waals surface area contributed by atoms with Gasteiger partial charge in [-0.2, -0.15) is 0 Å². The second kappa shape index (κ2) is 6.50. The fourth-order valence-corrected chi connectivity index (χ4v) is 4.06. The first-order chi connectivity index (χ1) is 12.2. The van der Waals surface area contributed by atoms with Gasteiger partial charge in [0.25, 0.3) is 5.56 Å². The van der Waals surface area contributed by atoms with E-state index in [1.54, 1.807) is 25.1 Å². The SMILES string of the molecule is COc1ccc(-c2csc3ncn([C@@H]4CCOC4)c(=O)c23)c(OC)c1. The van der Waals surface area contributed by atoms with Crippen molar-refractivity contribution in [1.82, 2.24) is 9.55 Å². The van der Waals surface area contributed by atoms with Crippen LogP contribution in [-0.2, 0) is 4.74 Å². The summed E-state index contributed by atoms with van der Waals surface area (Å²) in [5, 5.41) is 2.58. The summed E-state index contributed by atoms with van der Waals surface area (Å²) in [4.78, 5) is 18.3. The van der Waals surface area contributed by atoms with Crippen LogP contribution in [-0.4, -0.2) is 37.0 Å². The number of benzene rings is 1. The van der Waals surface area contributed by atoms with Crippen LogP contribution in [0.2, 0.25) is 0 Å². The monoisotopic (exact) mass is 358 g/mol. The predicted octanol–water partition coefficient (Wildman–Crippen LogP) is 3.10. The van der Waals surface area contributed by atoms with Crippen molar-refractivity contribution in [3.8, 4) is 22.6 Å². The minimum Gasteiger partial charge on any atom is -0.497 e. The van der Waals surface area contributed by atoms with E-state index in [1.165, 1.54) is 11.3 Å². The average molecular weight is 358 g/mol. The van der Waals surface area contributed by atoms with E-state index in [-0.39, 0.29) is 11.6 Å². The Hall–Kier alpha value is -2.38. The van der Waals surface area contributed by atoms with Crippen LogP contribution < -0.4 is 15.0 Å². The zero-order valence-corrected chi connectivity index (χ0v) is 14.8. The predicted molar refractivity (Wildman–Crippen MR) is 96.9 cm³/mol. The summed E-state index contributed by atoms with van der Waals surface area (Å²) in [7, 11) is 3.22. The highest BCUT2D eigenvalue weighted by Crippen LogP contribution is 2.38. The Kier molecular flexibility index (Phi) is 4.19. The molecule has 1 fully saturated rings. The van der Waals surface area contributed by atoms with Crippen molar-refractivity contribution in [2.75, 3.05) is 27.4 Å². The average Bonchev–Trinajstić information content (AvgIpc) is 3.31. The molecule has 25 heavy (non-hydrogen) atoms. The number of aromatic nitrogens is 2. The van der Waals surface area contributed by atoms with Gasteiger partial charge in [-0.05, 0) is 18.6 Å². The van der Waals surface area contributed by atoms with Crippen LogP contribution in [0.1, 0.15) is 12.5 Å². The van der Waals surface area contributed by atoms with Crippen molar-refractivity contribution in [3.05, 3.63) is 40.3 Å². The molecule has 0 radical (unpaired) electrons. The lowest BCUT2D eigenvalue weighted by molar-refractivity contribution is 0.186. The molecule has 0 unspecified atom stereocenters. The molecule has 0 aliphatic carbocycles. The van der Waals surface area contributed by atoms with E-state index in [4.69, 9.17) is 14.2 Å². The van der Waals surface area contributed by atoms with Crippen molar-refractivity contribution >= 4 is 21.6 Å². The van der Waals surface area contributed by atoms with Crippen LogP contribution in [0.25, 0.3) is 21.3 Å². The molecule has 0 spiro atoms. The molecule has 1 aliphatic heterocycles. The summed E-state index contributed by atoms with van der Waals surface area (Å²) in [6, 6.07) is 5.64. The summed E-state index contributed by atoms with van der Waals surface area (Å²) >= 11 is 1.46. The van der Waals surface area contributed by atoms with E-state index in [0.717, 1.165) is 22.4 Å². The second-order valence-electron chi connectivity index (χ2n) is 5.87. The maximum Gasteiger partial charge on any atom is 0.263 e. The van der Waals surface area contributed by atoms with Crippen molar-refractivity contribution in [2.45, 2.75) is 12.5 Å². The third kappa shape index (κ3) is 2.69. The molecule has 1 atom stereocenters. The lowest BCUT2D eigenvalue weighted by Crippen LogP contribution is -2.25. The second-order valence-corrected chi connectivity index (χ2v) is 6.73. The van der Waals surface area contributed by atoms with Crippen LogP contribution in [0, 0.1) is 0 Å². The number of fused-ring (bicyclic) bond motifs is 1. The smallest absolute Gasteiger partial charge is 0.263 e. The number of nitrogens with zero attached hydrogens (tertiary/aromatic N) is 2. The first-order valence-electron chi connectivity index (χ1n) is 8.01. The quantitative estimate of drug-likeness (QED) is 0.717. The molecule has 1 aromatic carbocycles. The molecule has 3 aromatic rings. The van der Waals surface area contributed by atoms with Crippen LogP contribution in [0.15, 0.2) is 34.7 Å². The van der Waals surface area contributed by atoms with Gasteiger partial charge < -0.3 is 14.2 Å². The van der Waals surface area contributed by atoms with Gasteiger partial charge in [-0.15, -0.1) is 11.3 Å². The summed E-state index contributed by atoms with van der Waals surface area (Å²) in [6.45, 7) is 1.23. The molecule has 4 rings (SSSR count). The maximum absolute atomic E-state index is 13.1. The normalized spacial score (nSPS) is 17.1. The van der Waals surface area contributed by atoms with Gasteiger partial charge in [-0.1, -0.05) is 0 Å². The van der Waals surface area contributed by atoms with Crippen molar-refractivity contribution in [3.63, 3.8) is 0 Å². The molecule has 1 saturated heterocycles. The number of rotatable bonds is 4. The van der Waals surface area contributed by atoms with Crippen LogP contribution in [0.4, 0.5) is 0 Å². The summed E-state index contributed by atoms with van der Waals surface area (Å²) in [5.74, 6) is 1.37. The molecule has 6 nitrogen and oxygen atoms in total. The Labute approximate surface area is 148 Å². The van der Waals surface area contributed by atoms with Gasteiger partial charge in [-0.25, -0.2) is 4.98 Å². The lowest BCUT2D eigenvalue weighted by atomic mass is 10.0. The Morgan fingerprint density at radius 2 is 2.16 bits per heavy atom. The molecular formula is C18H18N2O4S. The van der Waals surface area contributed by atoms with Gasteiger partial charge in [0, 0.05) is 29.2 Å². The van der Waals surface area contributed by atoms with E-state index >= 15 is 0 Å². The third-order valence-electron chi connectivity index (χ3n) is 4.52. The highest BCUT2D eigenvalue weighted by molar-refractivity contribution is 7.17. The highest BCUT2D eigenvalue weighted by Gasteiger charge is 2.22. The Morgan fingerprint density at radius 3 is 2.88 bits per heavy atom. The fraction of sp³-hybridized carbons (Fsp3) is 0.333. The summed E-state index contributed by atoms with van der Waals surface area (Å²) in [6.07, 6.45) is 2.47. The Bertz CT molecular complexity index is 973. The molecule has 1 aliphatic rings. The minimum atomic E-state index is -0.0328. The van der Waals surface area contributed by atoms with Crippen LogP contribution in [0.5, 0.6) is 11.5 Å². The van der Waals surface area contributed by atoms with E-state index in [9.17, 15) is 4.79 Å². The fourth-order valence-electron chi connectivity index (χ4n) is 3.17. The summed E-state index contributed by atoms with van der Waals surface area (Å²) in [5.41, 5.74) is 1.66. The van der Waals surface area contributed by atoms with E-state index in [0.29, 0.717) is 30.1 Å². The van der Waals surface area contributed by atoms with Crippen LogP contribution >= 0.6 is 11.3 Å². The Balaban J connectivity index is 1.91. The molecule has 0 bridgehead atoms. The number of hydrogen-bond acceptors (Lipinski definition) is 6. The molecular weight excluding hydrogens is 340 g/mol. The number of methoxy groups -OCH3 is 2. The molecule has 2 aromatic heterocycles. The zero-order valence-electron chi connectivity index (χ0n) is 14.0. The van der Waals surface area contributed by atoms with Crippen molar-refractivity contribution in [1.29, 1.82) is 0 Å². The van der Waals surface area contributed by atoms with Gasteiger partial charge in [0.2, 0.25) is 0 Å². The third-order valence-corrected chi connectivity index (χ3v) is 5.40. The largest absolute Gasteiger partial charge is 0.497 e. The first-order valence-corrected chi connectivity index (χ1v) is 8.89. The molecule has 0 N–H and O–H groups in total. The molecule has 130 valence electrons. The molecule has 0 amide bonds. The van der Waals surface area contributed by atoms with Gasteiger partial charge >= 0.3 is 0 Å². The van der Waals surface area contributed by atoms with Gasteiger partial charge in [0.05, 0.1) is 38.6 Å². The zero-order chi connectivity index (χ0) is 17.4. The van der Waals surface area contributed by atoms with Gasteiger partial charge in [-0.3, -0.25) is 9.36 Å². The van der Waals surface area contributed by atoms with Gasteiger partial charge in [0.15, 0.2) is 0 Å². The standard InChI is InChI=1S/C18H18N2O4S/c1-22-12-3-4-13(15(7-12)23-2)14-9-25-17-16(14)18(21)20(10-19-17)11-5-6-24-8-11/h3-4,7,9-11H,5-6,8H2,1-2H3/t11-/m1/s1. The van der Waals surface area contributed by atoms with Gasteiger partial charge in [0.1, 0.15) is 16.3 Å². The number of thiophene rings is 1. The van der Waals surface area contributed by atoms with E-state index in [2.05, 4.69) is 4.98 Å². The number of hydrogen-bond donors (Lipinski definition) is 0. The Morgan fingerprint density at radius 1 is 1.28 bits per heavy atom. The molecule has 0 saturated carbocycles. The summed E-state index contributed by atoms with van der Waals surface area (Å²) < 4.78 is 17.9. The van der Waals surface area contributed by atoms with Crippen molar-refractivity contribution < 1.29 is 14.2 Å². The highest BCUT2D eigenvalue weighted by atomic mass is 32.1. The molecule has 3 heterocycles. The maximum atomic E-state index is 13.1. The topological polar surface area (TPSA) is 62.6 Å². The van der Waals surface area contributed by atoms with Crippen molar-refractivity contribution in [2.24, 2.45) is 0 Å². The minimum absolute atomic E-state index is 0.0328. The lowest BCUT2D eigenvalue weighted by Gasteiger charge is -2.12. The van der Waals surface area contributed by atoms with E-state index in [1.807, 2.05) is 23.6 Å². The number of ether oxygens (including phenoxy) is 3.